The number of fused-ring (bicyclic) bond motifs is 1. The molecule has 4 unspecified atom stereocenters. The van der Waals surface area contributed by atoms with Crippen LogP contribution in [0.3, 0.4) is 0 Å². The van der Waals surface area contributed by atoms with E-state index in [9.17, 15) is 19.2 Å². The fourth-order valence-corrected chi connectivity index (χ4v) is 4.61. The van der Waals surface area contributed by atoms with E-state index in [0.717, 1.165) is 0 Å². The van der Waals surface area contributed by atoms with Crippen molar-refractivity contribution in [2.24, 2.45) is 22.7 Å². The fraction of sp³-hybridized carbons (Fsp3) is 0.733. The molecule has 114 valence electrons. The lowest BCUT2D eigenvalue weighted by Gasteiger charge is -2.49. The summed E-state index contributed by atoms with van der Waals surface area (Å²) in [5.74, 6) is -2.44. The van der Waals surface area contributed by atoms with Gasteiger partial charge in [-0.1, -0.05) is 0 Å². The predicted molar refractivity (Wildman–Crippen MR) is 69.0 cm³/mol. The first-order chi connectivity index (χ1) is 9.91. The maximum Gasteiger partial charge on any atom is 0.319 e. The second kappa shape index (κ2) is 4.39. The predicted octanol–water partition coefficient (Wildman–Crippen LogP) is 0.667. The summed E-state index contributed by atoms with van der Waals surface area (Å²) in [6.45, 7) is 0. The van der Waals surface area contributed by atoms with Crippen molar-refractivity contribution in [2.75, 3.05) is 14.2 Å². The highest BCUT2D eigenvalue weighted by molar-refractivity contribution is 6.14. The summed E-state index contributed by atoms with van der Waals surface area (Å²) in [6, 6.07) is 0. The number of methoxy groups -OCH3 is 2. The number of hydrogen-bond acceptors (Lipinski definition) is 6. The average molecular weight is 294 g/mol. The van der Waals surface area contributed by atoms with Crippen LogP contribution < -0.4 is 0 Å². The molecular formula is C15H18O6. The summed E-state index contributed by atoms with van der Waals surface area (Å²) >= 11 is 0. The van der Waals surface area contributed by atoms with E-state index in [1.807, 2.05) is 0 Å². The third-order valence-corrected chi connectivity index (χ3v) is 5.49. The lowest BCUT2D eigenvalue weighted by molar-refractivity contribution is -0.182. The second-order valence-electron chi connectivity index (χ2n) is 6.43. The number of carbonyl (C=O) groups excluding carboxylic acids is 4. The largest absolute Gasteiger partial charge is 0.468 e. The number of hydrogen-bond donors (Lipinski definition) is 0. The van der Waals surface area contributed by atoms with Gasteiger partial charge in [-0.3, -0.25) is 19.2 Å². The normalized spacial score (nSPS) is 40.9. The lowest BCUT2D eigenvalue weighted by Crippen LogP contribution is -2.61. The Morgan fingerprint density at radius 1 is 0.905 bits per heavy atom. The molecular weight excluding hydrogens is 276 g/mol. The number of ether oxygens (including phenoxy) is 2. The Labute approximate surface area is 122 Å². The van der Waals surface area contributed by atoms with Crippen molar-refractivity contribution in [2.45, 2.75) is 32.1 Å². The van der Waals surface area contributed by atoms with Gasteiger partial charge in [0.1, 0.15) is 10.8 Å². The maximum absolute atomic E-state index is 12.7. The Hall–Kier alpha value is -1.72. The number of esters is 2. The molecule has 4 aliphatic rings. The van der Waals surface area contributed by atoms with Crippen molar-refractivity contribution in [3.63, 3.8) is 0 Å². The summed E-state index contributed by atoms with van der Waals surface area (Å²) in [6.07, 6.45) is 1.35. The molecule has 4 saturated carbocycles. The molecule has 0 amide bonds. The van der Waals surface area contributed by atoms with Crippen molar-refractivity contribution in [1.29, 1.82) is 0 Å². The molecule has 4 fully saturated rings. The molecule has 4 rings (SSSR count). The zero-order valence-electron chi connectivity index (χ0n) is 12.1. The molecule has 0 aromatic carbocycles. The van der Waals surface area contributed by atoms with Crippen molar-refractivity contribution < 1.29 is 28.7 Å². The van der Waals surface area contributed by atoms with E-state index in [-0.39, 0.29) is 30.8 Å². The van der Waals surface area contributed by atoms with Gasteiger partial charge in [-0.2, -0.15) is 0 Å². The summed E-state index contributed by atoms with van der Waals surface area (Å²) in [4.78, 5) is 50.0. The second-order valence-corrected chi connectivity index (χ2v) is 6.43. The molecule has 4 atom stereocenters. The van der Waals surface area contributed by atoms with Crippen LogP contribution in [0.25, 0.3) is 0 Å². The lowest BCUT2D eigenvalue weighted by atomic mass is 9.50. The van der Waals surface area contributed by atoms with E-state index in [0.29, 0.717) is 12.8 Å². The van der Waals surface area contributed by atoms with Gasteiger partial charge in [0.15, 0.2) is 11.6 Å². The highest BCUT2D eigenvalue weighted by Gasteiger charge is 2.70. The van der Waals surface area contributed by atoms with Crippen molar-refractivity contribution >= 4 is 23.5 Å². The molecule has 4 bridgehead atoms. The molecule has 6 heteroatoms. The van der Waals surface area contributed by atoms with Crippen LogP contribution in [-0.4, -0.2) is 37.7 Å². The van der Waals surface area contributed by atoms with Crippen molar-refractivity contribution in [1.82, 2.24) is 0 Å². The van der Waals surface area contributed by atoms with Crippen LogP contribution in [0.5, 0.6) is 0 Å². The molecule has 0 radical (unpaired) electrons. The molecule has 0 heterocycles. The minimum absolute atomic E-state index is 0.0932. The summed E-state index contributed by atoms with van der Waals surface area (Å²) in [7, 11) is 2.47. The molecule has 6 nitrogen and oxygen atoms in total. The summed E-state index contributed by atoms with van der Waals surface area (Å²) in [5.41, 5.74) is -2.69. The van der Waals surface area contributed by atoms with E-state index >= 15 is 0 Å². The summed E-state index contributed by atoms with van der Waals surface area (Å²) < 4.78 is 9.66. The highest BCUT2D eigenvalue weighted by Crippen LogP contribution is 2.60. The molecule has 4 aliphatic carbocycles. The molecule has 0 N–H and O–H groups in total. The molecule has 0 saturated heterocycles. The van der Waals surface area contributed by atoms with E-state index in [4.69, 9.17) is 9.47 Å². The molecule has 0 spiro atoms. The van der Waals surface area contributed by atoms with Crippen LogP contribution >= 0.6 is 0 Å². The quantitative estimate of drug-likeness (QED) is 0.549. The monoisotopic (exact) mass is 294 g/mol. The Balaban J connectivity index is 2.18. The number of Topliss-reactive ketones (excluding diaryl/α,β-unsaturated/α-hetero) is 2. The zero-order chi connectivity index (χ0) is 15.4. The van der Waals surface area contributed by atoms with E-state index in [1.54, 1.807) is 0 Å². The summed E-state index contributed by atoms with van der Waals surface area (Å²) in [5, 5.41) is 0. The van der Waals surface area contributed by atoms with Crippen LogP contribution in [-0.2, 0) is 28.7 Å². The first kappa shape index (κ1) is 14.2. The highest BCUT2D eigenvalue weighted by atomic mass is 16.5. The van der Waals surface area contributed by atoms with Crippen molar-refractivity contribution in [3.8, 4) is 0 Å². The van der Waals surface area contributed by atoms with E-state index in [2.05, 4.69) is 0 Å². The first-order valence-electron chi connectivity index (χ1n) is 7.17. The van der Waals surface area contributed by atoms with Crippen LogP contribution in [0.4, 0.5) is 0 Å². The zero-order valence-corrected chi connectivity index (χ0v) is 12.1. The van der Waals surface area contributed by atoms with Crippen LogP contribution in [0.15, 0.2) is 0 Å². The standard InChI is InChI=1S/C15H18O6/c1-20-12(18)14-5-8-3-4-9(10(14)16)6-15(7-14,11(8)17)13(19)21-2/h8-9H,3-7H2,1-2H3. The fourth-order valence-electron chi connectivity index (χ4n) is 4.61. The van der Waals surface area contributed by atoms with Crippen LogP contribution in [0, 0.1) is 22.7 Å². The van der Waals surface area contributed by atoms with Crippen molar-refractivity contribution in [3.05, 3.63) is 0 Å². The van der Waals surface area contributed by atoms with Gasteiger partial charge in [0.2, 0.25) is 0 Å². The van der Waals surface area contributed by atoms with Gasteiger partial charge < -0.3 is 9.47 Å². The van der Waals surface area contributed by atoms with E-state index < -0.39 is 34.6 Å². The van der Waals surface area contributed by atoms with Gasteiger partial charge in [-0.15, -0.1) is 0 Å². The Morgan fingerprint density at radius 2 is 1.29 bits per heavy atom. The average Bonchev–Trinajstić information content (AvgIpc) is 2.66. The maximum atomic E-state index is 12.7. The SMILES string of the molecule is COC(=O)C12CC3CCC(CC(C(=O)OC)(C1)C3=O)C2=O. The number of carbonyl (C=O) groups is 4. The molecule has 0 aromatic rings. The van der Waals surface area contributed by atoms with Gasteiger partial charge >= 0.3 is 11.9 Å². The third kappa shape index (κ3) is 1.59. The minimum Gasteiger partial charge on any atom is -0.468 e. The minimum atomic E-state index is -1.35. The first-order valence-corrected chi connectivity index (χ1v) is 7.17. The Kier molecular flexibility index (Phi) is 2.97. The van der Waals surface area contributed by atoms with Gasteiger partial charge in [-0.25, -0.2) is 0 Å². The Morgan fingerprint density at radius 3 is 1.62 bits per heavy atom. The molecule has 0 aromatic heterocycles. The van der Waals surface area contributed by atoms with Gasteiger partial charge in [-0.05, 0) is 32.1 Å². The van der Waals surface area contributed by atoms with Crippen LogP contribution in [0.1, 0.15) is 32.1 Å². The smallest absolute Gasteiger partial charge is 0.319 e. The van der Waals surface area contributed by atoms with Gasteiger partial charge in [0.25, 0.3) is 0 Å². The van der Waals surface area contributed by atoms with Gasteiger partial charge in [0.05, 0.1) is 14.2 Å². The molecule has 21 heavy (non-hydrogen) atoms. The topological polar surface area (TPSA) is 86.7 Å². The molecule has 0 aliphatic heterocycles. The number of rotatable bonds is 2. The number of ketones is 2. The Bertz CT molecular complexity index is 504. The van der Waals surface area contributed by atoms with E-state index in [1.165, 1.54) is 14.2 Å². The third-order valence-electron chi connectivity index (χ3n) is 5.49. The van der Waals surface area contributed by atoms with Crippen LogP contribution in [0.2, 0.25) is 0 Å². The van der Waals surface area contributed by atoms with Gasteiger partial charge in [0, 0.05) is 11.8 Å².